The van der Waals surface area contributed by atoms with Crippen molar-refractivity contribution in [3.8, 4) is 5.88 Å². The molecule has 152 valence electrons. The number of aromatic hydroxyl groups is 1. The maximum atomic E-state index is 12.8. The molecule has 0 aliphatic heterocycles. The van der Waals surface area contributed by atoms with E-state index in [0.717, 1.165) is 25.6 Å². The van der Waals surface area contributed by atoms with E-state index in [1.54, 1.807) is 0 Å². The van der Waals surface area contributed by atoms with Gasteiger partial charge >= 0.3 is 5.69 Å². The lowest BCUT2D eigenvalue weighted by atomic mass is 10.0. The summed E-state index contributed by atoms with van der Waals surface area (Å²) in [7, 11) is 2.82. The highest BCUT2D eigenvalue weighted by molar-refractivity contribution is 6.14. The van der Waals surface area contributed by atoms with Crippen LogP contribution in [-0.4, -0.2) is 31.5 Å². The number of nitrogens with zero attached hydrogens (tertiary/aromatic N) is 3. The van der Waals surface area contributed by atoms with Gasteiger partial charge in [0.2, 0.25) is 5.88 Å². The molecule has 30 heavy (non-hydrogen) atoms. The molecule has 0 spiro atoms. The molecule has 4 aromatic rings. The summed E-state index contributed by atoms with van der Waals surface area (Å²) in [6.07, 6.45) is 2.62. The van der Waals surface area contributed by atoms with Gasteiger partial charge in [0, 0.05) is 43.3 Å². The highest BCUT2D eigenvalue weighted by atomic mass is 16.3. The molecule has 0 saturated heterocycles. The molecule has 0 fully saturated rings. The highest BCUT2D eigenvalue weighted by Gasteiger charge is 2.21. The lowest BCUT2D eigenvalue weighted by Gasteiger charge is -2.13. The quantitative estimate of drug-likeness (QED) is 0.502. The highest BCUT2D eigenvalue weighted by Crippen LogP contribution is 2.19. The monoisotopic (exact) mass is 402 g/mol. The van der Waals surface area contributed by atoms with Gasteiger partial charge in [-0.05, 0) is 18.1 Å². The molecule has 0 aliphatic carbocycles. The fourth-order valence-electron chi connectivity index (χ4n) is 3.58. The summed E-state index contributed by atoms with van der Waals surface area (Å²) in [4.78, 5) is 32.9. The number of benzene rings is 2. The zero-order valence-corrected chi connectivity index (χ0v) is 16.8. The van der Waals surface area contributed by atoms with Crippen molar-refractivity contribution in [1.82, 2.24) is 14.1 Å². The number of hydrogen-bond donors (Lipinski definition) is 2. The van der Waals surface area contributed by atoms with Crippen LogP contribution in [-0.2, 0) is 20.5 Å². The smallest absolute Gasteiger partial charge is 0.333 e. The van der Waals surface area contributed by atoms with Crippen molar-refractivity contribution < 1.29 is 5.11 Å². The topological polar surface area (TPSA) is 92.4 Å². The Morgan fingerprint density at radius 1 is 1.00 bits per heavy atom. The average molecular weight is 402 g/mol. The van der Waals surface area contributed by atoms with Gasteiger partial charge in [-0.2, -0.15) is 0 Å². The molecule has 7 nitrogen and oxygen atoms in total. The molecular weight excluding hydrogens is 380 g/mol. The number of aromatic amines is 1. The summed E-state index contributed by atoms with van der Waals surface area (Å²) in [6.45, 7) is 0.414. The molecule has 7 heteroatoms. The molecule has 0 aliphatic rings. The van der Waals surface area contributed by atoms with E-state index in [1.165, 1.54) is 14.1 Å². The maximum Gasteiger partial charge on any atom is 0.333 e. The minimum absolute atomic E-state index is 0.0183. The SMILES string of the molecule is Cn1c(O)c(C(=NCCc2c[nH]c3ccccc23)c2ccccc2)c(=O)n(C)c1=O. The van der Waals surface area contributed by atoms with E-state index in [0.29, 0.717) is 24.2 Å². The third kappa shape index (κ3) is 3.34. The van der Waals surface area contributed by atoms with Crippen LogP contribution >= 0.6 is 0 Å². The molecule has 0 atom stereocenters. The van der Waals surface area contributed by atoms with Crippen LogP contribution in [0.1, 0.15) is 16.7 Å². The number of aromatic nitrogens is 3. The zero-order chi connectivity index (χ0) is 21.3. The van der Waals surface area contributed by atoms with Crippen molar-refractivity contribution in [2.45, 2.75) is 6.42 Å². The average Bonchev–Trinajstić information content (AvgIpc) is 3.19. The third-order valence-electron chi connectivity index (χ3n) is 5.24. The van der Waals surface area contributed by atoms with Crippen LogP contribution in [0.3, 0.4) is 0 Å². The Hall–Kier alpha value is -3.87. The van der Waals surface area contributed by atoms with Gasteiger partial charge in [0.05, 0.1) is 5.71 Å². The molecule has 0 unspecified atom stereocenters. The Kier molecular flexibility index (Phi) is 5.10. The van der Waals surface area contributed by atoms with E-state index in [-0.39, 0.29) is 5.56 Å². The largest absolute Gasteiger partial charge is 0.494 e. The van der Waals surface area contributed by atoms with Gasteiger partial charge in [-0.3, -0.25) is 18.9 Å². The number of hydrogen-bond acceptors (Lipinski definition) is 4. The number of fused-ring (bicyclic) bond motifs is 1. The molecular formula is C23H22N4O3. The third-order valence-corrected chi connectivity index (χ3v) is 5.24. The Morgan fingerprint density at radius 3 is 2.47 bits per heavy atom. The molecule has 2 aromatic heterocycles. The molecule has 2 aromatic carbocycles. The van der Waals surface area contributed by atoms with Crippen LogP contribution in [0.25, 0.3) is 10.9 Å². The Balaban J connectivity index is 1.79. The Bertz CT molecular complexity index is 1360. The first kappa shape index (κ1) is 19.4. The number of rotatable bonds is 5. The van der Waals surface area contributed by atoms with Crippen molar-refractivity contribution in [3.05, 3.63) is 98.3 Å². The number of aliphatic imine (C=N–C) groups is 1. The fourth-order valence-corrected chi connectivity index (χ4v) is 3.58. The van der Waals surface area contributed by atoms with Crippen LogP contribution in [0, 0.1) is 0 Å². The lowest BCUT2D eigenvalue weighted by Crippen LogP contribution is -2.40. The second-order valence-electron chi connectivity index (χ2n) is 7.11. The molecule has 4 rings (SSSR count). The van der Waals surface area contributed by atoms with E-state index in [9.17, 15) is 14.7 Å². The van der Waals surface area contributed by atoms with Gasteiger partial charge in [-0.15, -0.1) is 0 Å². The standard InChI is InChI=1S/C23H22N4O3/c1-26-21(28)19(22(29)27(2)23(26)30)20(15-8-4-3-5-9-15)24-13-12-16-14-25-18-11-7-6-10-17(16)18/h3-11,14,25,28H,12-13H2,1-2H3. The summed E-state index contributed by atoms with van der Waals surface area (Å²) in [5, 5.41) is 11.7. The van der Waals surface area contributed by atoms with Crippen LogP contribution < -0.4 is 11.2 Å². The predicted molar refractivity (Wildman–Crippen MR) is 118 cm³/mol. The first-order valence-corrected chi connectivity index (χ1v) is 9.63. The minimum Gasteiger partial charge on any atom is -0.494 e. The van der Waals surface area contributed by atoms with Crippen molar-refractivity contribution in [1.29, 1.82) is 0 Å². The summed E-state index contributed by atoms with van der Waals surface area (Å²) < 4.78 is 2.03. The van der Waals surface area contributed by atoms with Crippen molar-refractivity contribution in [2.75, 3.05) is 6.54 Å². The van der Waals surface area contributed by atoms with Gasteiger partial charge in [0.1, 0.15) is 5.56 Å². The lowest BCUT2D eigenvalue weighted by molar-refractivity contribution is 0.410. The molecule has 0 amide bonds. The second kappa shape index (κ2) is 7.87. The summed E-state index contributed by atoms with van der Waals surface area (Å²) in [5.74, 6) is -0.391. The van der Waals surface area contributed by atoms with E-state index < -0.39 is 17.1 Å². The van der Waals surface area contributed by atoms with E-state index >= 15 is 0 Å². The van der Waals surface area contributed by atoms with E-state index in [1.807, 2.05) is 54.7 Å². The van der Waals surface area contributed by atoms with Gasteiger partial charge in [0.15, 0.2) is 0 Å². The molecule has 0 radical (unpaired) electrons. The Morgan fingerprint density at radius 2 is 1.70 bits per heavy atom. The Labute approximate surface area is 172 Å². The first-order chi connectivity index (χ1) is 14.5. The molecule has 2 heterocycles. The van der Waals surface area contributed by atoms with E-state index in [2.05, 4.69) is 11.1 Å². The number of H-pyrrole nitrogens is 1. The van der Waals surface area contributed by atoms with Crippen molar-refractivity contribution in [3.63, 3.8) is 0 Å². The minimum atomic E-state index is -0.590. The summed E-state index contributed by atoms with van der Waals surface area (Å²) in [6, 6.07) is 17.2. The van der Waals surface area contributed by atoms with Gasteiger partial charge in [-0.1, -0.05) is 48.5 Å². The first-order valence-electron chi connectivity index (χ1n) is 9.63. The molecule has 0 bridgehead atoms. The molecule has 2 N–H and O–H groups in total. The fraction of sp³-hybridized carbons (Fsp3) is 0.174. The normalized spacial score (nSPS) is 11.9. The predicted octanol–water partition coefficient (Wildman–Crippen LogP) is 2.35. The van der Waals surface area contributed by atoms with Gasteiger partial charge in [0.25, 0.3) is 5.56 Å². The van der Waals surface area contributed by atoms with E-state index in [4.69, 9.17) is 4.99 Å². The van der Waals surface area contributed by atoms with Crippen LogP contribution in [0.15, 0.2) is 75.4 Å². The number of para-hydroxylation sites is 1. The summed E-state index contributed by atoms with van der Waals surface area (Å²) >= 11 is 0. The maximum absolute atomic E-state index is 12.8. The van der Waals surface area contributed by atoms with Crippen molar-refractivity contribution >= 4 is 16.6 Å². The zero-order valence-electron chi connectivity index (χ0n) is 16.8. The number of nitrogens with one attached hydrogen (secondary N) is 1. The van der Waals surface area contributed by atoms with Crippen LogP contribution in [0.4, 0.5) is 0 Å². The summed E-state index contributed by atoms with van der Waals surface area (Å²) in [5.41, 5.74) is 2.10. The van der Waals surface area contributed by atoms with Gasteiger partial charge < -0.3 is 10.1 Å². The molecule has 0 saturated carbocycles. The van der Waals surface area contributed by atoms with Crippen LogP contribution in [0.5, 0.6) is 5.88 Å². The van der Waals surface area contributed by atoms with Crippen molar-refractivity contribution in [2.24, 2.45) is 19.1 Å². The second-order valence-corrected chi connectivity index (χ2v) is 7.11. The van der Waals surface area contributed by atoms with Crippen LogP contribution in [0.2, 0.25) is 0 Å². The van der Waals surface area contributed by atoms with Gasteiger partial charge in [-0.25, -0.2) is 4.79 Å².